The van der Waals surface area contributed by atoms with E-state index in [0.717, 1.165) is 5.57 Å². The van der Waals surface area contributed by atoms with E-state index in [1.807, 2.05) is 0 Å². The molecule has 0 saturated carbocycles. The molecule has 1 aromatic carbocycles. The highest BCUT2D eigenvalue weighted by Gasteiger charge is 2.23. The predicted octanol–water partition coefficient (Wildman–Crippen LogP) is 2.72. The third kappa shape index (κ3) is 2.93. The fourth-order valence-corrected chi connectivity index (χ4v) is 3.07. The van der Waals surface area contributed by atoms with Crippen LogP contribution in [-0.2, 0) is 11.3 Å². The number of carboxylic acid groups (broad SMARTS) is 1. The number of nitrogens with one attached hydrogen (secondary N) is 1. The zero-order valence-electron chi connectivity index (χ0n) is 11.7. The highest BCUT2D eigenvalue weighted by atomic mass is 35.5. The van der Waals surface area contributed by atoms with Gasteiger partial charge in [-0.3, -0.25) is 9.98 Å². The molecule has 3 rings (SSSR count). The topological polar surface area (TPSA) is 99.5 Å². The second-order valence-electron chi connectivity index (χ2n) is 5.20. The summed E-state index contributed by atoms with van der Waals surface area (Å²) in [5.74, 6) is -1.14. The van der Waals surface area contributed by atoms with Gasteiger partial charge in [0.25, 0.3) is 5.68 Å². The van der Waals surface area contributed by atoms with E-state index in [9.17, 15) is 9.90 Å². The molecule has 1 aromatic heterocycles. The minimum absolute atomic E-state index is 0.0482. The van der Waals surface area contributed by atoms with Crippen LogP contribution >= 0.6 is 23.2 Å². The molecule has 3 N–H and O–H groups in total. The minimum Gasteiger partial charge on any atom is -0.478 e. The second kappa shape index (κ2) is 5.88. The quantitative estimate of drug-likeness (QED) is 0.788. The molecule has 0 saturated heterocycles. The molecule has 6 nitrogen and oxygen atoms in total. The van der Waals surface area contributed by atoms with Gasteiger partial charge in [0.15, 0.2) is 5.58 Å². The van der Waals surface area contributed by atoms with Crippen LogP contribution in [0.15, 0.2) is 39.8 Å². The van der Waals surface area contributed by atoms with Gasteiger partial charge in [0, 0.05) is 18.0 Å². The lowest BCUT2D eigenvalue weighted by molar-refractivity contribution is -0.133. The first kappa shape index (κ1) is 15.9. The van der Waals surface area contributed by atoms with Gasteiger partial charge in [-0.15, -0.1) is 0 Å². The number of hydrogen-bond acceptors (Lipinski definition) is 4. The van der Waals surface area contributed by atoms with Gasteiger partial charge in [-0.1, -0.05) is 29.3 Å². The summed E-state index contributed by atoms with van der Waals surface area (Å²) < 4.78 is 6.91. The fourth-order valence-electron chi connectivity index (χ4n) is 2.55. The highest BCUT2D eigenvalue weighted by Crippen LogP contribution is 2.28. The molecule has 1 atom stereocenters. The summed E-state index contributed by atoms with van der Waals surface area (Å²) in [6, 6.07) is 3.17. The molecule has 1 unspecified atom stereocenters. The van der Waals surface area contributed by atoms with E-state index in [2.05, 4.69) is 0 Å². The number of aliphatic hydroxyl groups excluding tert-OH is 1. The lowest BCUT2D eigenvalue weighted by atomic mass is 9.95. The zero-order valence-corrected chi connectivity index (χ0v) is 13.2. The molecule has 8 heteroatoms. The maximum atomic E-state index is 11.0. The average molecular weight is 355 g/mol. The summed E-state index contributed by atoms with van der Waals surface area (Å²) in [5, 5.41) is 27.5. The Bertz CT molecular complexity index is 923. The molecule has 0 radical (unpaired) electrons. The van der Waals surface area contributed by atoms with Crippen LogP contribution in [0.2, 0.25) is 10.0 Å². The van der Waals surface area contributed by atoms with Gasteiger partial charge in [-0.2, -0.15) is 0 Å². The van der Waals surface area contributed by atoms with Crippen molar-refractivity contribution in [3.05, 3.63) is 51.2 Å². The monoisotopic (exact) mass is 354 g/mol. The molecule has 0 spiro atoms. The first-order chi connectivity index (χ1) is 10.9. The zero-order chi connectivity index (χ0) is 16.7. The lowest BCUT2D eigenvalue weighted by Gasteiger charge is -2.18. The number of nitrogens with zero attached hydrogens (tertiary/aromatic N) is 1. The number of benzene rings is 1. The number of carboxylic acids is 1. The smallest absolute Gasteiger partial charge is 0.334 e. The molecule has 1 aliphatic rings. The van der Waals surface area contributed by atoms with Crippen LogP contribution in [0.1, 0.15) is 6.42 Å². The Morgan fingerprint density at radius 3 is 2.78 bits per heavy atom. The number of halogens is 2. The number of hydrogen-bond donors (Lipinski definition) is 3. The predicted molar refractivity (Wildman–Crippen MR) is 84.5 cm³/mol. The summed E-state index contributed by atoms with van der Waals surface area (Å²) >= 11 is 12.1. The molecule has 1 heterocycles. The van der Waals surface area contributed by atoms with Crippen molar-refractivity contribution in [2.45, 2.75) is 19.1 Å². The second-order valence-corrected chi connectivity index (χ2v) is 6.04. The van der Waals surface area contributed by atoms with Gasteiger partial charge < -0.3 is 14.6 Å². The van der Waals surface area contributed by atoms with E-state index >= 15 is 0 Å². The Morgan fingerprint density at radius 2 is 2.13 bits per heavy atom. The number of aliphatic carboxylic acids is 1. The number of aromatic nitrogens is 1. The molecule has 0 aliphatic heterocycles. The van der Waals surface area contributed by atoms with Crippen LogP contribution in [0.5, 0.6) is 0 Å². The number of carbonyl (C=O) groups is 1. The van der Waals surface area contributed by atoms with Crippen LogP contribution in [0.3, 0.4) is 0 Å². The van der Waals surface area contributed by atoms with E-state index in [1.54, 1.807) is 16.7 Å². The van der Waals surface area contributed by atoms with Crippen LogP contribution in [-0.4, -0.2) is 26.9 Å². The van der Waals surface area contributed by atoms with Gasteiger partial charge in [0.05, 0.1) is 22.2 Å². The van der Waals surface area contributed by atoms with Gasteiger partial charge in [-0.25, -0.2) is 4.79 Å². The summed E-state index contributed by atoms with van der Waals surface area (Å²) in [6.07, 6.45) is 2.10. The number of fused-ring (bicyclic) bond motifs is 1. The van der Waals surface area contributed by atoms with Gasteiger partial charge in [-0.05, 0) is 23.8 Å². The Hall–Kier alpha value is -2.02. The van der Waals surface area contributed by atoms with E-state index in [1.165, 1.54) is 12.1 Å². The largest absolute Gasteiger partial charge is 0.478 e. The number of rotatable bonds is 3. The van der Waals surface area contributed by atoms with E-state index in [4.69, 9.17) is 38.1 Å². The van der Waals surface area contributed by atoms with E-state index in [-0.39, 0.29) is 24.2 Å². The van der Waals surface area contributed by atoms with Crippen LogP contribution in [0.4, 0.5) is 0 Å². The van der Waals surface area contributed by atoms with Gasteiger partial charge in [0.1, 0.15) is 0 Å². The summed E-state index contributed by atoms with van der Waals surface area (Å²) in [6.45, 7) is 0.267. The molecule has 120 valence electrons. The fraction of sp³-hybridized carbons (Fsp3) is 0.200. The minimum atomic E-state index is -1.14. The Balaban J connectivity index is 2.02. The summed E-state index contributed by atoms with van der Waals surface area (Å²) in [5.41, 5.74) is 1.54. The number of allylic oxidation sites excluding steroid dienone is 2. The van der Waals surface area contributed by atoms with Crippen molar-refractivity contribution in [1.29, 1.82) is 5.41 Å². The van der Waals surface area contributed by atoms with Crippen molar-refractivity contribution in [2.75, 3.05) is 0 Å². The van der Waals surface area contributed by atoms with Crippen LogP contribution in [0.25, 0.3) is 11.1 Å². The van der Waals surface area contributed by atoms with Crippen molar-refractivity contribution < 1.29 is 19.4 Å². The third-order valence-electron chi connectivity index (χ3n) is 3.64. The third-order valence-corrected chi connectivity index (χ3v) is 4.14. The average Bonchev–Trinajstić information content (AvgIpc) is 2.76. The molecule has 0 amide bonds. The standard InChI is InChI=1S/C15H12Cl2N2O4/c16-8-4-10(17)13-11(5-8)19(15(18)23-13)6-7-1-2-9(14(21)22)12(20)3-7/h1-2,4-5,12,18,20H,3,6H2,(H,21,22). The SMILES string of the molecule is N=c1oc2c(Cl)cc(Cl)cc2n1CC1=CC=C(C(=O)O)C(O)C1. The Morgan fingerprint density at radius 1 is 1.39 bits per heavy atom. The molecule has 0 bridgehead atoms. The molecule has 23 heavy (non-hydrogen) atoms. The Kier molecular flexibility index (Phi) is 4.06. The molecule has 2 aromatic rings. The van der Waals surface area contributed by atoms with Gasteiger partial charge in [0.2, 0.25) is 0 Å². The van der Waals surface area contributed by atoms with E-state index < -0.39 is 12.1 Å². The van der Waals surface area contributed by atoms with Crippen LogP contribution in [0, 0.1) is 5.41 Å². The van der Waals surface area contributed by atoms with Crippen molar-refractivity contribution in [2.24, 2.45) is 0 Å². The van der Waals surface area contributed by atoms with Crippen molar-refractivity contribution in [3.63, 3.8) is 0 Å². The highest BCUT2D eigenvalue weighted by molar-refractivity contribution is 6.37. The molecule has 0 fully saturated rings. The number of oxazole rings is 1. The van der Waals surface area contributed by atoms with Crippen LogP contribution < -0.4 is 5.68 Å². The number of aliphatic hydroxyl groups is 1. The van der Waals surface area contributed by atoms with Crippen molar-refractivity contribution >= 4 is 40.3 Å². The first-order valence-corrected chi connectivity index (χ1v) is 7.46. The first-order valence-electron chi connectivity index (χ1n) is 6.70. The molecule has 1 aliphatic carbocycles. The maximum Gasteiger partial charge on any atom is 0.334 e. The molecular formula is C15H12Cl2N2O4. The normalized spacial score (nSPS) is 18.0. The Labute approximate surface area is 140 Å². The molecular weight excluding hydrogens is 343 g/mol. The maximum absolute atomic E-state index is 11.0. The van der Waals surface area contributed by atoms with Crippen molar-refractivity contribution in [1.82, 2.24) is 4.57 Å². The summed E-state index contributed by atoms with van der Waals surface area (Å²) in [4.78, 5) is 11.0. The van der Waals surface area contributed by atoms with Gasteiger partial charge >= 0.3 is 5.97 Å². The lowest BCUT2D eigenvalue weighted by Crippen LogP contribution is -2.23. The van der Waals surface area contributed by atoms with E-state index in [0.29, 0.717) is 21.1 Å². The van der Waals surface area contributed by atoms with Crippen molar-refractivity contribution in [3.8, 4) is 0 Å². The summed E-state index contributed by atoms with van der Waals surface area (Å²) in [7, 11) is 0.